The zero-order valence-electron chi connectivity index (χ0n) is 28.1. The average molecular weight is 697 g/mol. The van der Waals surface area contributed by atoms with Crippen molar-refractivity contribution in [3.05, 3.63) is 99.1 Å². The van der Waals surface area contributed by atoms with Gasteiger partial charge in [-0.3, -0.25) is 60.0 Å². The maximum atomic E-state index is 13.2. The lowest BCUT2D eigenvalue weighted by molar-refractivity contribution is -0.394. The van der Waals surface area contributed by atoms with Crippen LogP contribution in [0.4, 0.5) is 22.7 Å². The van der Waals surface area contributed by atoms with Gasteiger partial charge in [0, 0.05) is 59.7 Å². The van der Waals surface area contributed by atoms with E-state index in [4.69, 9.17) is 0 Å². The molecule has 0 spiro atoms. The number of nitrogens with zero attached hydrogens (tertiary/aromatic N) is 6. The van der Waals surface area contributed by atoms with Crippen LogP contribution < -0.4 is 0 Å². The topological polar surface area (TPSA) is 272 Å². The molecule has 0 atom stereocenters. The maximum Gasteiger partial charge on any atom is 0.277 e. The highest BCUT2D eigenvalue weighted by Crippen LogP contribution is 2.30. The summed E-state index contributed by atoms with van der Waals surface area (Å²) in [5.41, 5.74) is -4.14. The van der Waals surface area contributed by atoms with Crippen LogP contribution in [0, 0.1) is 52.3 Å². The molecule has 2 N–H and O–H groups in total. The number of nitro benzene ring substituents is 4. The SMILES string of the molecule is CC(=NCCN=C(C)/C(C(=O)CC(C)C)=C(/O)c1cc([N+](=O)[O-])cc([N+](=O)[O-])c1)/C(C(=O)CC(C)C)=C(/O)c1cc([N+](=O)[O-])cc([N+](=O)[O-])c1. The first-order chi connectivity index (χ1) is 23.2. The number of carbonyl (C=O) groups excluding carboxylic acids is 2. The van der Waals surface area contributed by atoms with Crippen molar-refractivity contribution < 1.29 is 39.5 Å². The summed E-state index contributed by atoms with van der Waals surface area (Å²) in [5.74, 6) is -3.06. The van der Waals surface area contributed by atoms with Gasteiger partial charge in [0.05, 0.1) is 56.1 Å². The molecule has 50 heavy (non-hydrogen) atoms. The van der Waals surface area contributed by atoms with Crippen molar-refractivity contribution in [2.75, 3.05) is 13.1 Å². The predicted molar refractivity (Wildman–Crippen MR) is 183 cm³/mol. The molecule has 0 bridgehead atoms. The van der Waals surface area contributed by atoms with Crippen LogP contribution in [-0.4, -0.2) is 66.0 Å². The summed E-state index contributed by atoms with van der Waals surface area (Å²) < 4.78 is 0. The molecule has 2 rings (SSSR count). The number of hydrogen-bond acceptors (Lipinski definition) is 14. The fraction of sp³-hybridized carbons (Fsp3) is 0.375. The highest BCUT2D eigenvalue weighted by molar-refractivity contribution is 6.26. The van der Waals surface area contributed by atoms with Crippen LogP contribution in [0.15, 0.2) is 57.5 Å². The second kappa shape index (κ2) is 17.3. The zero-order chi connectivity index (χ0) is 38.0. The van der Waals surface area contributed by atoms with Gasteiger partial charge in [0.1, 0.15) is 11.5 Å². The molecule has 0 saturated heterocycles. The van der Waals surface area contributed by atoms with Crippen LogP contribution in [0.5, 0.6) is 0 Å². The number of aliphatic hydroxyl groups excluding tert-OH is 2. The van der Waals surface area contributed by atoms with Crippen LogP contribution in [0.1, 0.15) is 65.5 Å². The van der Waals surface area contributed by atoms with Crippen molar-refractivity contribution in [2.24, 2.45) is 21.8 Å². The largest absolute Gasteiger partial charge is 0.506 e. The van der Waals surface area contributed by atoms with Gasteiger partial charge in [0.25, 0.3) is 22.7 Å². The summed E-state index contributed by atoms with van der Waals surface area (Å²) >= 11 is 0. The van der Waals surface area contributed by atoms with E-state index in [1.54, 1.807) is 27.7 Å². The van der Waals surface area contributed by atoms with Crippen molar-refractivity contribution >= 4 is 57.3 Å². The highest BCUT2D eigenvalue weighted by atomic mass is 16.6. The van der Waals surface area contributed by atoms with Gasteiger partial charge in [-0.1, -0.05) is 27.7 Å². The molecule has 0 aliphatic carbocycles. The number of benzene rings is 2. The predicted octanol–water partition coefficient (Wildman–Crippen LogP) is 6.71. The van der Waals surface area contributed by atoms with E-state index in [0.29, 0.717) is 12.1 Å². The summed E-state index contributed by atoms with van der Waals surface area (Å²) in [6, 6.07) is 4.96. The Morgan fingerprint density at radius 1 is 0.580 bits per heavy atom. The molecular weight excluding hydrogens is 660 g/mol. The van der Waals surface area contributed by atoms with Gasteiger partial charge < -0.3 is 10.2 Å². The number of rotatable bonds is 17. The van der Waals surface area contributed by atoms with E-state index in [1.165, 1.54) is 13.8 Å². The van der Waals surface area contributed by atoms with Gasteiger partial charge in [-0.15, -0.1) is 0 Å². The first kappa shape index (κ1) is 40.0. The fourth-order valence-electron chi connectivity index (χ4n) is 4.72. The first-order valence-electron chi connectivity index (χ1n) is 15.1. The summed E-state index contributed by atoms with van der Waals surface area (Å²) in [6.45, 7) is 9.40. The Hall–Kier alpha value is -6.20. The standard InChI is InChI=1S/C32H36N6O12/c1-17(2)9-27(39)29(31(41)21-11-23(35(43)44)15-24(12-21)36(45)46)19(5)33-7-8-34-20(6)30(28(40)10-18(3)4)32(42)22-13-25(37(47)48)16-26(14-22)38(49)50/h11-18,41-42H,7-10H2,1-6H3/b31-29-,32-30-,33-19?,34-20?. The van der Waals surface area contributed by atoms with Crippen LogP contribution in [0.3, 0.4) is 0 Å². The first-order valence-corrected chi connectivity index (χ1v) is 15.1. The number of aliphatic hydroxyl groups is 2. The Kier molecular flexibility index (Phi) is 13.8. The third-order valence-corrected chi connectivity index (χ3v) is 6.94. The second-order valence-electron chi connectivity index (χ2n) is 11.9. The molecule has 0 radical (unpaired) electrons. The van der Waals surface area contributed by atoms with Crippen molar-refractivity contribution in [3.63, 3.8) is 0 Å². The van der Waals surface area contributed by atoms with E-state index < -0.39 is 65.5 Å². The van der Waals surface area contributed by atoms with Crippen molar-refractivity contribution in [1.82, 2.24) is 0 Å². The lowest BCUT2D eigenvalue weighted by Gasteiger charge is -2.13. The van der Waals surface area contributed by atoms with Gasteiger partial charge in [-0.05, 0) is 25.7 Å². The third-order valence-electron chi connectivity index (χ3n) is 6.94. The molecule has 18 nitrogen and oxygen atoms in total. The number of carbonyl (C=O) groups is 2. The fourth-order valence-corrected chi connectivity index (χ4v) is 4.72. The molecule has 266 valence electrons. The van der Waals surface area contributed by atoms with E-state index in [9.17, 15) is 60.3 Å². The number of ketones is 2. The lowest BCUT2D eigenvalue weighted by atomic mass is 9.94. The van der Waals surface area contributed by atoms with Crippen molar-refractivity contribution in [1.29, 1.82) is 0 Å². The summed E-state index contributed by atoms with van der Waals surface area (Å²) in [5, 5.41) is 67.8. The number of non-ortho nitro benzene ring substituents is 4. The van der Waals surface area contributed by atoms with Crippen LogP contribution in [0.25, 0.3) is 11.5 Å². The molecule has 0 aliphatic heterocycles. The van der Waals surface area contributed by atoms with Gasteiger partial charge >= 0.3 is 0 Å². The Balaban J connectivity index is 2.62. The number of nitro groups is 4. The highest BCUT2D eigenvalue weighted by Gasteiger charge is 2.26. The van der Waals surface area contributed by atoms with Gasteiger partial charge in [0.15, 0.2) is 11.6 Å². The van der Waals surface area contributed by atoms with E-state index >= 15 is 0 Å². The van der Waals surface area contributed by atoms with E-state index in [1.807, 2.05) is 0 Å². The summed E-state index contributed by atoms with van der Waals surface area (Å²) in [7, 11) is 0. The number of allylic oxidation sites excluding steroid dienone is 2. The van der Waals surface area contributed by atoms with Crippen molar-refractivity contribution in [2.45, 2.75) is 54.4 Å². The van der Waals surface area contributed by atoms with Gasteiger partial charge in [-0.25, -0.2) is 0 Å². The molecular formula is C32H36N6O12. The van der Waals surface area contributed by atoms with E-state index in [2.05, 4.69) is 9.98 Å². The van der Waals surface area contributed by atoms with Crippen molar-refractivity contribution in [3.8, 4) is 0 Å². The van der Waals surface area contributed by atoms with Gasteiger partial charge in [0.2, 0.25) is 0 Å². The lowest BCUT2D eigenvalue weighted by Crippen LogP contribution is -2.17. The number of hydrogen-bond donors (Lipinski definition) is 2. The molecule has 0 aliphatic rings. The molecule has 0 saturated carbocycles. The minimum Gasteiger partial charge on any atom is -0.506 e. The Morgan fingerprint density at radius 3 is 1.06 bits per heavy atom. The molecule has 0 amide bonds. The monoisotopic (exact) mass is 696 g/mol. The molecule has 2 aromatic carbocycles. The van der Waals surface area contributed by atoms with Gasteiger partial charge in [-0.2, -0.15) is 0 Å². The average Bonchev–Trinajstić information content (AvgIpc) is 3.01. The van der Waals surface area contributed by atoms with E-state index in [0.717, 1.165) is 24.3 Å². The van der Waals surface area contributed by atoms with Crippen LogP contribution in [-0.2, 0) is 9.59 Å². The second-order valence-corrected chi connectivity index (χ2v) is 11.9. The molecule has 2 aromatic rings. The molecule has 0 heterocycles. The Morgan fingerprint density at radius 2 is 0.840 bits per heavy atom. The minimum absolute atomic E-state index is 0.0198. The van der Waals surface area contributed by atoms with Crippen LogP contribution in [0.2, 0.25) is 0 Å². The number of Topliss-reactive ketones (excluding diaryl/α,β-unsaturated/α-hetero) is 2. The maximum absolute atomic E-state index is 13.2. The Labute approximate surface area is 285 Å². The molecule has 18 heteroatoms. The third kappa shape index (κ3) is 10.7. The number of aliphatic imine (C=N–C) groups is 2. The summed E-state index contributed by atoms with van der Waals surface area (Å²) in [6.07, 6.45) is -0.135. The zero-order valence-corrected chi connectivity index (χ0v) is 28.1. The smallest absolute Gasteiger partial charge is 0.277 e. The normalized spacial score (nSPS) is 13.1. The van der Waals surface area contributed by atoms with Crippen LogP contribution >= 0.6 is 0 Å². The molecule has 0 fully saturated rings. The molecule has 0 unspecified atom stereocenters. The minimum atomic E-state index is -0.882. The molecule has 0 aromatic heterocycles. The summed E-state index contributed by atoms with van der Waals surface area (Å²) in [4.78, 5) is 77.1. The quantitative estimate of drug-likeness (QED) is 0.0436. The Bertz CT molecular complexity index is 1660. The van der Waals surface area contributed by atoms with E-state index in [-0.39, 0.29) is 71.5 Å².